The third kappa shape index (κ3) is 4.92. The lowest BCUT2D eigenvalue weighted by atomic mass is 10.1. The Morgan fingerprint density at radius 3 is 2.58 bits per heavy atom. The summed E-state index contributed by atoms with van der Waals surface area (Å²) >= 11 is 1.65. The second-order valence-electron chi connectivity index (χ2n) is 6.18. The van der Waals surface area contributed by atoms with Gasteiger partial charge >= 0.3 is 0 Å². The van der Waals surface area contributed by atoms with Crippen molar-refractivity contribution in [2.45, 2.75) is 26.2 Å². The fraction of sp³-hybridized carbons (Fsp3) is 0.238. The molecule has 0 saturated carbocycles. The highest BCUT2D eigenvalue weighted by molar-refractivity contribution is 7.09. The van der Waals surface area contributed by atoms with Crippen molar-refractivity contribution in [1.29, 1.82) is 0 Å². The van der Waals surface area contributed by atoms with Gasteiger partial charge in [-0.05, 0) is 37.0 Å². The van der Waals surface area contributed by atoms with Gasteiger partial charge in [0.1, 0.15) is 5.75 Å². The van der Waals surface area contributed by atoms with Crippen LogP contribution in [0.4, 0.5) is 0 Å². The molecule has 0 fully saturated rings. The van der Waals surface area contributed by atoms with Crippen LogP contribution in [0.15, 0.2) is 53.9 Å². The first kappa shape index (κ1) is 18.1. The Hall–Kier alpha value is -2.66. The van der Waals surface area contributed by atoms with E-state index in [1.807, 2.05) is 19.1 Å². The Labute approximate surface area is 157 Å². The summed E-state index contributed by atoms with van der Waals surface area (Å²) < 4.78 is 0. The van der Waals surface area contributed by atoms with Crippen LogP contribution in [0.2, 0.25) is 0 Å². The van der Waals surface area contributed by atoms with Gasteiger partial charge in [-0.2, -0.15) is 0 Å². The summed E-state index contributed by atoms with van der Waals surface area (Å²) in [5.41, 5.74) is 4.11. The van der Waals surface area contributed by atoms with Crippen LogP contribution in [-0.4, -0.2) is 22.5 Å². The molecule has 4 nitrogen and oxygen atoms in total. The van der Waals surface area contributed by atoms with Crippen molar-refractivity contribution in [2.75, 3.05) is 6.54 Å². The van der Waals surface area contributed by atoms with Crippen LogP contribution >= 0.6 is 11.3 Å². The SMILES string of the molecule is Cc1nc(-c2ccc(CCNC(=O)CCc3ccccc3O)cc2)cs1. The first-order valence-electron chi connectivity index (χ1n) is 8.67. The van der Waals surface area contributed by atoms with E-state index in [9.17, 15) is 9.90 Å². The largest absolute Gasteiger partial charge is 0.508 e. The minimum absolute atomic E-state index is 0.00261. The number of benzene rings is 2. The first-order valence-corrected chi connectivity index (χ1v) is 9.55. The van der Waals surface area contributed by atoms with Gasteiger partial charge in [0.25, 0.3) is 0 Å². The van der Waals surface area contributed by atoms with E-state index < -0.39 is 0 Å². The second kappa shape index (κ2) is 8.63. The molecular formula is C21H22N2O2S. The van der Waals surface area contributed by atoms with Crippen molar-refractivity contribution in [3.63, 3.8) is 0 Å². The van der Waals surface area contributed by atoms with E-state index in [0.29, 0.717) is 19.4 Å². The lowest BCUT2D eigenvalue weighted by Gasteiger charge is -2.07. The van der Waals surface area contributed by atoms with Gasteiger partial charge in [-0.1, -0.05) is 42.5 Å². The minimum Gasteiger partial charge on any atom is -0.508 e. The summed E-state index contributed by atoms with van der Waals surface area (Å²) in [6.07, 6.45) is 1.71. The number of para-hydroxylation sites is 1. The molecule has 0 aliphatic rings. The molecule has 26 heavy (non-hydrogen) atoms. The van der Waals surface area contributed by atoms with Crippen molar-refractivity contribution >= 4 is 17.2 Å². The maximum atomic E-state index is 12.0. The number of nitrogens with one attached hydrogen (secondary N) is 1. The molecule has 1 aromatic heterocycles. The Kier molecular flexibility index (Phi) is 6.02. The van der Waals surface area contributed by atoms with Gasteiger partial charge in [0.15, 0.2) is 0 Å². The zero-order valence-electron chi connectivity index (χ0n) is 14.7. The van der Waals surface area contributed by atoms with Crippen LogP contribution in [0, 0.1) is 6.92 Å². The van der Waals surface area contributed by atoms with Gasteiger partial charge in [-0.15, -0.1) is 11.3 Å². The van der Waals surface area contributed by atoms with Crippen molar-refractivity contribution in [3.05, 3.63) is 70.0 Å². The molecule has 5 heteroatoms. The lowest BCUT2D eigenvalue weighted by molar-refractivity contribution is -0.121. The Bertz CT molecular complexity index is 872. The standard InChI is InChI=1S/C21H22N2O2S/c1-15-23-19(14-26-15)17-8-6-16(7-9-17)12-13-22-21(25)11-10-18-4-2-3-5-20(18)24/h2-9,14,24H,10-13H2,1H3,(H,22,25). The maximum Gasteiger partial charge on any atom is 0.220 e. The molecule has 0 spiro atoms. The molecule has 0 saturated heterocycles. The molecule has 0 atom stereocenters. The highest BCUT2D eigenvalue weighted by Crippen LogP contribution is 2.22. The smallest absolute Gasteiger partial charge is 0.220 e. The number of aromatic hydroxyl groups is 1. The predicted molar refractivity (Wildman–Crippen MR) is 105 cm³/mol. The average molecular weight is 366 g/mol. The quantitative estimate of drug-likeness (QED) is 0.661. The van der Waals surface area contributed by atoms with Crippen molar-refractivity contribution in [3.8, 4) is 17.0 Å². The highest BCUT2D eigenvalue weighted by Gasteiger charge is 2.06. The molecule has 2 aromatic carbocycles. The van der Waals surface area contributed by atoms with Gasteiger partial charge in [0, 0.05) is 23.9 Å². The maximum absolute atomic E-state index is 12.0. The number of hydrogen-bond donors (Lipinski definition) is 2. The molecule has 0 bridgehead atoms. The Morgan fingerprint density at radius 1 is 1.12 bits per heavy atom. The molecule has 3 aromatic rings. The molecule has 1 heterocycles. The van der Waals surface area contributed by atoms with Gasteiger partial charge < -0.3 is 10.4 Å². The number of rotatable bonds is 7. The van der Waals surface area contributed by atoms with Crippen LogP contribution in [0.5, 0.6) is 5.75 Å². The summed E-state index contributed by atoms with van der Waals surface area (Å²) in [7, 11) is 0. The van der Waals surface area contributed by atoms with E-state index in [0.717, 1.165) is 28.2 Å². The van der Waals surface area contributed by atoms with Crippen LogP contribution in [0.1, 0.15) is 22.6 Å². The predicted octanol–water partition coefficient (Wildman–Crippen LogP) is 4.12. The minimum atomic E-state index is 0.00261. The van der Waals surface area contributed by atoms with Gasteiger partial charge in [0.05, 0.1) is 10.7 Å². The van der Waals surface area contributed by atoms with Crippen LogP contribution in [0.25, 0.3) is 11.3 Å². The van der Waals surface area contributed by atoms with E-state index in [-0.39, 0.29) is 11.7 Å². The Balaban J connectivity index is 1.43. The Morgan fingerprint density at radius 2 is 1.88 bits per heavy atom. The fourth-order valence-electron chi connectivity index (χ4n) is 2.74. The molecule has 1 amide bonds. The molecule has 3 rings (SSSR count). The summed E-state index contributed by atoms with van der Waals surface area (Å²) in [5, 5.41) is 15.8. The number of aryl methyl sites for hydroxylation is 2. The van der Waals surface area contributed by atoms with Crippen LogP contribution < -0.4 is 5.32 Å². The summed E-state index contributed by atoms with van der Waals surface area (Å²) in [6, 6.07) is 15.4. The zero-order chi connectivity index (χ0) is 18.4. The summed E-state index contributed by atoms with van der Waals surface area (Å²) in [4.78, 5) is 16.5. The average Bonchev–Trinajstić information content (AvgIpc) is 3.08. The molecule has 0 unspecified atom stereocenters. The van der Waals surface area contributed by atoms with E-state index >= 15 is 0 Å². The summed E-state index contributed by atoms with van der Waals surface area (Å²) in [5.74, 6) is 0.249. The van der Waals surface area contributed by atoms with Crippen molar-refractivity contribution in [2.24, 2.45) is 0 Å². The zero-order valence-corrected chi connectivity index (χ0v) is 15.6. The normalized spacial score (nSPS) is 10.7. The van der Waals surface area contributed by atoms with Crippen LogP contribution in [0.3, 0.4) is 0 Å². The second-order valence-corrected chi connectivity index (χ2v) is 7.24. The van der Waals surface area contributed by atoms with Crippen molar-refractivity contribution < 1.29 is 9.90 Å². The fourth-order valence-corrected chi connectivity index (χ4v) is 3.37. The number of carbonyl (C=O) groups excluding carboxylic acids is 1. The molecule has 134 valence electrons. The highest BCUT2D eigenvalue weighted by atomic mass is 32.1. The van der Waals surface area contributed by atoms with Gasteiger partial charge in [-0.3, -0.25) is 4.79 Å². The first-order chi connectivity index (χ1) is 12.6. The van der Waals surface area contributed by atoms with Crippen LogP contribution in [-0.2, 0) is 17.6 Å². The number of hydrogen-bond acceptors (Lipinski definition) is 4. The number of phenols is 1. The number of amides is 1. The van der Waals surface area contributed by atoms with Crippen molar-refractivity contribution in [1.82, 2.24) is 10.3 Å². The number of nitrogens with zero attached hydrogens (tertiary/aromatic N) is 1. The third-order valence-electron chi connectivity index (χ3n) is 4.22. The number of aromatic nitrogens is 1. The number of phenolic OH excluding ortho intramolecular Hbond substituents is 1. The van der Waals surface area contributed by atoms with E-state index in [1.165, 1.54) is 5.56 Å². The topological polar surface area (TPSA) is 62.2 Å². The third-order valence-corrected chi connectivity index (χ3v) is 4.99. The molecule has 0 aliphatic carbocycles. The van der Waals surface area contributed by atoms with E-state index in [4.69, 9.17) is 0 Å². The van der Waals surface area contributed by atoms with Gasteiger partial charge in [-0.25, -0.2) is 4.98 Å². The molecule has 0 radical (unpaired) electrons. The van der Waals surface area contributed by atoms with E-state index in [2.05, 4.69) is 39.9 Å². The molecule has 2 N–H and O–H groups in total. The summed E-state index contributed by atoms with van der Waals surface area (Å²) in [6.45, 7) is 2.61. The monoisotopic (exact) mass is 366 g/mol. The molecule has 0 aliphatic heterocycles. The lowest BCUT2D eigenvalue weighted by Crippen LogP contribution is -2.25. The molecular weight excluding hydrogens is 344 g/mol. The number of thiazole rings is 1. The number of carbonyl (C=O) groups is 1. The van der Waals surface area contributed by atoms with Gasteiger partial charge in [0.2, 0.25) is 5.91 Å². The van der Waals surface area contributed by atoms with E-state index in [1.54, 1.807) is 23.5 Å².